The molecule has 0 bridgehead atoms. The molecule has 13 heteroatoms. The zero-order valence-electron chi connectivity index (χ0n) is 21.8. The van der Waals surface area contributed by atoms with Gasteiger partial charge in [0.1, 0.15) is 11.4 Å². The highest BCUT2D eigenvalue weighted by Gasteiger charge is 2.31. The summed E-state index contributed by atoms with van der Waals surface area (Å²) in [6.45, 7) is 4.19. The van der Waals surface area contributed by atoms with Gasteiger partial charge in [0.05, 0.1) is 28.0 Å². The van der Waals surface area contributed by atoms with Crippen LogP contribution in [-0.4, -0.2) is 44.6 Å². The van der Waals surface area contributed by atoms with Crippen LogP contribution in [0.15, 0.2) is 81.8 Å². The summed E-state index contributed by atoms with van der Waals surface area (Å²) in [6, 6.07) is 18.4. The molecule has 1 aliphatic heterocycles. The number of halogens is 3. The number of amides is 1. The van der Waals surface area contributed by atoms with Crippen molar-refractivity contribution in [3.63, 3.8) is 0 Å². The van der Waals surface area contributed by atoms with E-state index < -0.39 is 6.36 Å². The van der Waals surface area contributed by atoms with Gasteiger partial charge >= 0.3 is 6.36 Å². The smallest absolute Gasteiger partial charge is 0.406 e. The minimum atomic E-state index is -4.77. The van der Waals surface area contributed by atoms with Gasteiger partial charge in [0.15, 0.2) is 11.0 Å². The molecule has 0 unspecified atom stereocenters. The summed E-state index contributed by atoms with van der Waals surface area (Å²) in [5.74, 6) is 0.146. The number of nitrogens with two attached hydrogens (primary N) is 1. The molecule has 3 aromatic carbocycles. The van der Waals surface area contributed by atoms with Gasteiger partial charge in [0.2, 0.25) is 0 Å². The topological polar surface area (TPSA) is 106 Å². The molecule has 41 heavy (non-hydrogen) atoms. The van der Waals surface area contributed by atoms with Gasteiger partial charge in [-0.15, -0.1) is 13.2 Å². The van der Waals surface area contributed by atoms with Crippen LogP contribution in [0.1, 0.15) is 36.6 Å². The molecule has 0 aliphatic carbocycles. The molecule has 1 fully saturated rings. The van der Waals surface area contributed by atoms with Gasteiger partial charge in [-0.05, 0) is 65.0 Å². The Balaban J connectivity index is 1.34. The van der Waals surface area contributed by atoms with E-state index in [1.807, 2.05) is 42.5 Å². The normalized spacial score (nSPS) is 15.7. The molecule has 0 radical (unpaired) electrons. The van der Waals surface area contributed by atoms with E-state index in [0.717, 1.165) is 39.0 Å². The quantitative estimate of drug-likeness (QED) is 0.184. The van der Waals surface area contributed by atoms with E-state index in [0.29, 0.717) is 16.5 Å². The van der Waals surface area contributed by atoms with Crippen LogP contribution in [0.5, 0.6) is 5.75 Å². The number of carbonyl (C=O) groups excluding carboxylic acids is 1. The van der Waals surface area contributed by atoms with Gasteiger partial charge in [-0.2, -0.15) is 14.5 Å². The molecule has 8 nitrogen and oxygen atoms in total. The maximum atomic E-state index is 12.6. The molecule has 1 aliphatic rings. The number of thioether (sulfide) groups is 1. The zero-order valence-corrected chi connectivity index (χ0v) is 23.4. The number of hydrogen-bond donors (Lipinski definition) is 1. The standard InChI is InChI=1S/C28H23F3N6O2S2/c1-16(2)20-5-3-4-6-22(20)35-27-37(24(38)15-40-27)33-14-17-7-12-21-23(13-17)41-36-25(21)26(32)34-18-8-10-19(11-9-18)39-28(29,30)31/h3-14,16H,15H2,1-2H3,(H2,32,34)/b33-14+,35-27-. The van der Waals surface area contributed by atoms with E-state index in [9.17, 15) is 18.0 Å². The van der Waals surface area contributed by atoms with E-state index in [4.69, 9.17) is 10.7 Å². The Bertz CT molecular complexity index is 1680. The number of aliphatic imine (C=N–C) groups is 2. The molecule has 1 aromatic heterocycles. The minimum Gasteiger partial charge on any atom is -0.406 e. The van der Waals surface area contributed by atoms with Gasteiger partial charge in [-0.3, -0.25) is 4.79 Å². The molecule has 5 rings (SSSR count). The van der Waals surface area contributed by atoms with Crippen LogP contribution < -0.4 is 10.5 Å². The Kier molecular flexibility index (Phi) is 8.08. The summed E-state index contributed by atoms with van der Waals surface area (Å²) in [4.78, 5) is 21.6. The molecule has 4 aromatic rings. The zero-order chi connectivity index (χ0) is 29.1. The fourth-order valence-electron chi connectivity index (χ4n) is 3.99. The molecule has 1 saturated heterocycles. The van der Waals surface area contributed by atoms with Gasteiger partial charge in [-0.1, -0.05) is 55.9 Å². The maximum Gasteiger partial charge on any atom is 0.573 e. The number of nitrogens with zero attached hydrogens (tertiary/aromatic N) is 5. The fourth-order valence-corrected chi connectivity index (χ4v) is 5.63. The average molecular weight is 597 g/mol. The number of hydrazone groups is 1. The lowest BCUT2D eigenvalue weighted by Gasteiger charge is -2.12. The molecule has 2 N–H and O–H groups in total. The lowest BCUT2D eigenvalue weighted by atomic mass is 10.0. The van der Waals surface area contributed by atoms with Crippen LogP contribution in [0.3, 0.4) is 0 Å². The number of fused-ring (bicyclic) bond motifs is 1. The molecule has 2 heterocycles. The molecule has 210 valence electrons. The number of carbonyl (C=O) groups is 1. The largest absolute Gasteiger partial charge is 0.573 e. The van der Waals surface area contributed by atoms with E-state index in [1.165, 1.54) is 40.4 Å². The van der Waals surface area contributed by atoms with Crippen molar-refractivity contribution in [2.24, 2.45) is 20.8 Å². The Labute approximate surface area is 241 Å². The summed E-state index contributed by atoms with van der Waals surface area (Å²) < 4.78 is 46.3. The minimum absolute atomic E-state index is 0.115. The van der Waals surface area contributed by atoms with Crippen LogP contribution in [-0.2, 0) is 4.79 Å². The number of hydrogen-bond acceptors (Lipinski definition) is 8. The Hall–Kier alpha value is -4.23. The van der Waals surface area contributed by atoms with Crippen LogP contribution in [0, 0.1) is 0 Å². The summed E-state index contributed by atoms with van der Waals surface area (Å²) in [6.07, 6.45) is -3.18. The van der Waals surface area contributed by atoms with Crippen LogP contribution in [0.4, 0.5) is 24.5 Å². The first-order valence-electron chi connectivity index (χ1n) is 12.3. The number of amidine groups is 2. The Morgan fingerprint density at radius 2 is 1.88 bits per heavy atom. The van der Waals surface area contributed by atoms with Crippen LogP contribution in [0.25, 0.3) is 10.1 Å². The van der Waals surface area contributed by atoms with Crippen molar-refractivity contribution < 1.29 is 22.7 Å². The third-order valence-electron chi connectivity index (χ3n) is 5.90. The predicted molar refractivity (Wildman–Crippen MR) is 158 cm³/mol. The number of benzene rings is 3. The van der Waals surface area contributed by atoms with E-state index in [2.05, 4.69) is 33.1 Å². The molecule has 0 atom stereocenters. The van der Waals surface area contributed by atoms with Crippen molar-refractivity contribution in [2.75, 3.05) is 5.75 Å². The second-order valence-electron chi connectivity index (χ2n) is 9.17. The first-order chi connectivity index (χ1) is 19.6. The van der Waals surface area contributed by atoms with Gasteiger partial charge < -0.3 is 10.5 Å². The lowest BCUT2D eigenvalue weighted by Crippen LogP contribution is -2.23. The SMILES string of the molecule is CC(C)c1ccccc1/N=C1\SCC(=O)N1/N=C/c1ccc2c(/C(N)=N/c3ccc(OC(F)(F)F)cc3)nsc2c1. The number of ether oxygens (including phenoxy) is 1. The van der Waals surface area contributed by atoms with Crippen molar-refractivity contribution in [3.8, 4) is 5.75 Å². The van der Waals surface area contributed by atoms with Crippen molar-refractivity contribution in [3.05, 3.63) is 83.6 Å². The summed E-state index contributed by atoms with van der Waals surface area (Å²) >= 11 is 2.56. The van der Waals surface area contributed by atoms with Crippen molar-refractivity contribution in [2.45, 2.75) is 26.1 Å². The van der Waals surface area contributed by atoms with Crippen LogP contribution >= 0.6 is 23.3 Å². The average Bonchev–Trinajstić information content (AvgIpc) is 3.50. The monoisotopic (exact) mass is 596 g/mol. The summed E-state index contributed by atoms with van der Waals surface area (Å²) in [7, 11) is 0. The maximum absolute atomic E-state index is 12.6. The Morgan fingerprint density at radius 1 is 1.12 bits per heavy atom. The highest BCUT2D eigenvalue weighted by Crippen LogP contribution is 2.31. The fraction of sp³-hybridized carbons (Fsp3) is 0.179. The lowest BCUT2D eigenvalue weighted by molar-refractivity contribution is -0.274. The number of aromatic nitrogens is 1. The van der Waals surface area contributed by atoms with Gasteiger partial charge in [0.25, 0.3) is 5.91 Å². The van der Waals surface area contributed by atoms with Crippen molar-refractivity contribution in [1.82, 2.24) is 9.38 Å². The number of alkyl halides is 3. The van der Waals surface area contributed by atoms with Crippen molar-refractivity contribution in [1.29, 1.82) is 0 Å². The highest BCUT2D eigenvalue weighted by molar-refractivity contribution is 8.15. The highest BCUT2D eigenvalue weighted by atomic mass is 32.2. The summed E-state index contributed by atoms with van der Waals surface area (Å²) in [5.41, 5.74) is 9.62. The first-order valence-corrected chi connectivity index (χ1v) is 14.1. The van der Waals surface area contributed by atoms with Crippen LogP contribution in [0.2, 0.25) is 0 Å². The molecular formula is C28H23F3N6O2S2. The molecule has 0 saturated carbocycles. The van der Waals surface area contributed by atoms with Gasteiger partial charge in [0, 0.05) is 5.39 Å². The molecular weight excluding hydrogens is 573 g/mol. The van der Waals surface area contributed by atoms with Gasteiger partial charge in [-0.25, -0.2) is 9.98 Å². The third-order valence-corrected chi connectivity index (χ3v) is 7.62. The predicted octanol–water partition coefficient (Wildman–Crippen LogP) is 6.95. The second-order valence-corrected chi connectivity index (χ2v) is 10.9. The van der Waals surface area contributed by atoms with E-state index >= 15 is 0 Å². The Morgan fingerprint density at radius 3 is 2.61 bits per heavy atom. The number of rotatable bonds is 7. The second kappa shape index (κ2) is 11.7. The molecule has 1 amide bonds. The van der Waals surface area contributed by atoms with E-state index in [1.54, 1.807) is 6.21 Å². The van der Waals surface area contributed by atoms with E-state index in [-0.39, 0.29) is 29.2 Å². The number of para-hydroxylation sites is 1. The molecule has 0 spiro atoms. The summed E-state index contributed by atoms with van der Waals surface area (Å²) in [5, 5.41) is 7.01. The van der Waals surface area contributed by atoms with Crippen molar-refractivity contribution >= 4 is 67.9 Å². The first kappa shape index (κ1) is 28.3. The third kappa shape index (κ3) is 6.74.